The van der Waals surface area contributed by atoms with Gasteiger partial charge in [-0.2, -0.15) is 0 Å². The Morgan fingerprint density at radius 3 is 2.59 bits per heavy atom. The third-order valence-electron chi connectivity index (χ3n) is 3.96. The zero-order valence-corrected chi connectivity index (χ0v) is 16.0. The first-order valence-electron chi connectivity index (χ1n) is 8.71. The third-order valence-corrected chi connectivity index (χ3v) is 5.64. The van der Waals surface area contributed by atoms with Gasteiger partial charge in [-0.1, -0.05) is 6.07 Å². The maximum atomic E-state index is 12.1. The van der Waals surface area contributed by atoms with Crippen molar-refractivity contribution in [1.29, 1.82) is 0 Å². The highest BCUT2D eigenvalue weighted by Crippen LogP contribution is 2.26. The molecule has 0 unspecified atom stereocenters. The second-order valence-corrected chi connectivity index (χ2v) is 8.30. The molecule has 2 aromatic carbocycles. The van der Waals surface area contributed by atoms with E-state index in [0.717, 1.165) is 23.3 Å². The molecule has 1 aliphatic heterocycles. The average Bonchev–Trinajstić information content (AvgIpc) is 3.07. The van der Waals surface area contributed by atoms with Gasteiger partial charge in [0.2, 0.25) is 15.9 Å². The van der Waals surface area contributed by atoms with Crippen LogP contribution in [-0.4, -0.2) is 27.0 Å². The molecule has 0 aromatic heterocycles. The molecule has 2 aromatic rings. The Morgan fingerprint density at radius 2 is 1.89 bits per heavy atom. The zero-order chi connectivity index (χ0) is 19.4. The van der Waals surface area contributed by atoms with Crippen LogP contribution in [0.2, 0.25) is 0 Å². The molecule has 3 rings (SSSR count). The molecule has 1 aliphatic rings. The number of sulfonamides is 1. The quantitative estimate of drug-likeness (QED) is 0.748. The lowest BCUT2D eigenvalue weighted by Crippen LogP contribution is -2.30. The lowest BCUT2D eigenvalue weighted by Gasteiger charge is -2.10. The molecule has 0 saturated heterocycles. The molecule has 7 heteroatoms. The van der Waals surface area contributed by atoms with Gasteiger partial charge in [-0.3, -0.25) is 4.79 Å². The van der Waals surface area contributed by atoms with E-state index in [1.807, 2.05) is 18.2 Å². The van der Waals surface area contributed by atoms with Gasteiger partial charge in [-0.05, 0) is 67.4 Å². The highest BCUT2D eigenvalue weighted by Gasteiger charge is 2.15. The van der Waals surface area contributed by atoms with E-state index in [2.05, 4.69) is 10.0 Å². The molecule has 0 radical (unpaired) electrons. The van der Waals surface area contributed by atoms with Crippen LogP contribution in [0.4, 0.5) is 5.69 Å². The van der Waals surface area contributed by atoms with Crippen LogP contribution in [0, 0.1) is 0 Å². The Hall–Kier alpha value is -2.64. The summed E-state index contributed by atoms with van der Waals surface area (Å²) >= 11 is 0. The van der Waals surface area contributed by atoms with Crippen LogP contribution in [0.25, 0.3) is 6.08 Å². The summed E-state index contributed by atoms with van der Waals surface area (Å²) in [4.78, 5) is 12.3. The minimum atomic E-state index is -3.54. The Morgan fingerprint density at radius 1 is 1.15 bits per heavy atom. The number of fused-ring (bicyclic) bond motifs is 1. The zero-order valence-electron chi connectivity index (χ0n) is 15.2. The van der Waals surface area contributed by atoms with Gasteiger partial charge in [0.1, 0.15) is 5.75 Å². The number of carbonyl (C=O) groups is 1. The van der Waals surface area contributed by atoms with Crippen molar-refractivity contribution < 1.29 is 17.9 Å². The lowest BCUT2D eigenvalue weighted by molar-refractivity contribution is -0.111. The third kappa shape index (κ3) is 4.96. The minimum absolute atomic E-state index is 0.158. The van der Waals surface area contributed by atoms with Crippen LogP contribution >= 0.6 is 0 Å². The predicted octanol–water partition coefficient (Wildman–Crippen LogP) is 2.96. The highest BCUT2D eigenvalue weighted by molar-refractivity contribution is 7.89. The van der Waals surface area contributed by atoms with Crippen LogP contribution < -0.4 is 14.8 Å². The smallest absolute Gasteiger partial charge is 0.248 e. The number of anilines is 1. The number of amides is 1. The van der Waals surface area contributed by atoms with Gasteiger partial charge in [0.15, 0.2) is 0 Å². The van der Waals surface area contributed by atoms with Gasteiger partial charge < -0.3 is 10.1 Å². The number of hydrogen-bond acceptors (Lipinski definition) is 4. The standard InChI is InChI=1S/C20H22N2O4S/c1-14(2)22-27(24,25)18-7-5-17(6-8-18)21-20(23)10-4-15-3-9-19-16(13-15)11-12-26-19/h3-10,13-14,22H,11-12H2,1-2H3,(H,21,23)/b10-4+. The number of ether oxygens (including phenoxy) is 1. The first-order chi connectivity index (χ1) is 12.8. The van der Waals surface area contributed by atoms with Crippen molar-refractivity contribution in [3.05, 3.63) is 59.7 Å². The average molecular weight is 386 g/mol. The molecule has 0 saturated carbocycles. The van der Waals surface area contributed by atoms with Gasteiger partial charge in [-0.25, -0.2) is 13.1 Å². The molecule has 1 heterocycles. The number of hydrogen-bond donors (Lipinski definition) is 2. The van der Waals surface area contributed by atoms with Crippen molar-refractivity contribution in [3.63, 3.8) is 0 Å². The van der Waals surface area contributed by atoms with Crippen LogP contribution in [0.15, 0.2) is 53.4 Å². The summed E-state index contributed by atoms with van der Waals surface area (Å²) in [5.74, 6) is 0.612. The number of benzene rings is 2. The first-order valence-corrected chi connectivity index (χ1v) is 10.2. The Labute approximate surface area is 159 Å². The minimum Gasteiger partial charge on any atom is -0.493 e. The Bertz CT molecular complexity index is 964. The molecule has 0 atom stereocenters. The fourth-order valence-electron chi connectivity index (χ4n) is 2.76. The fourth-order valence-corrected chi connectivity index (χ4v) is 4.01. The van der Waals surface area contributed by atoms with Crippen molar-refractivity contribution in [1.82, 2.24) is 4.72 Å². The summed E-state index contributed by atoms with van der Waals surface area (Å²) in [5.41, 5.74) is 2.59. The van der Waals surface area contributed by atoms with Crippen LogP contribution in [0.5, 0.6) is 5.75 Å². The lowest BCUT2D eigenvalue weighted by atomic mass is 10.1. The summed E-state index contributed by atoms with van der Waals surface area (Å²) in [7, 11) is -3.54. The van der Waals surface area contributed by atoms with E-state index in [-0.39, 0.29) is 16.8 Å². The number of carbonyl (C=O) groups excluding carboxylic acids is 1. The molecule has 1 amide bonds. The monoisotopic (exact) mass is 386 g/mol. The van der Waals surface area contributed by atoms with E-state index < -0.39 is 10.0 Å². The Balaban J connectivity index is 1.62. The summed E-state index contributed by atoms with van der Waals surface area (Å²) in [6.45, 7) is 4.21. The fraction of sp³-hybridized carbons (Fsp3) is 0.250. The first kappa shape index (κ1) is 19.1. The maximum Gasteiger partial charge on any atom is 0.248 e. The van der Waals surface area contributed by atoms with Gasteiger partial charge in [-0.15, -0.1) is 0 Å². The van der Waals surface area contributed by atoms with E-state index in [9.17, 15) is 13.2 Å². The Kier molecular flexibility index (Phi) is 5.62. The van der Waals surface area contributed by atoms with Crippen molar-refractivity contribution >= 4 is 27.7 Å². The van der Waals surface area contributed by atoms with Gasteiger partial charge in [0.25, 0.3) is 0 Å². The van der Waals surface area contributed by atoms with E-state index in [4.69, 9.17) is 4.74 Å². The van der Waals surface area contributed by atoms with Crippen LogP contribution in [0.3, 0.4) is 0 Å². The summed E-state index contributed by atoms with van der Waals surface area (Å²) in [6, 6.07) is 11.7. The maximum absolute atomic E-state index is 12.1. The van der Waals surface area contributed by atoms with E-state index >= 15 is 0 Å². The molecule has 0 fully saturated rings. The molecule has 0 bridgehead atoms. The molecule has 142 valence electrons. The van der Waals surface area contributed by atoms with Gasteiger partial charge >= 0.3 is 0 Å². The number of nitrogens with one attached hydrogen (secondary N) is 2. The van der Waals surface area contributed by atoms with Crippen molar-refractivity contribution in [2.45, 2.75) is 31.2 Å². The normalized spacial score (nSPS) is 13.6. The summed E-state index contributed by atoms with van der Waals surface area (Å²) in [5, 5.41) is 2.72. The van der Waals surface area contributed by atoms with Gasteiger partial charge in [0.05, 0.1) is 11.5 Å². The summed E-state index contributed by atoms with van der Waals surface area (Å²) < 4.78 is 32.2. The van der Waals surface area contributed by atoms with Crippen LogP contribution in [0.1, 0.15) is 25.0 Å². The molecule has 0 aliphatic carbocycles. The van der Waals surface area contributed by atoms with E-state index in [1.54, 1.807) is 32.1 Å². The molecular weight excluding hydrogens is 364 g/mol. The van der Waals surface area contributed by atoms with Crippen LogP contribution in [-0.2, 0) is 21.2 Å². The van der Waals surface area contributed by atoms with Crippen molar-refractivity contribution in [2.75, 3.05) is 11.9 Å². The second kappa shape index (κ2) is 7.94. The van der Waals surface area contributed by atoms with Crippen molar-refractivity contribution in [2.24, 2.45) is 0 Å². The molecule has 2 N–H and O–H groups in total. The second-order valence-electron chi connectivity index (χ2n) is 6.59. The van der Waals surface area contributed by atoms with E-state index in [0.29, 0.717) is 12.3 Å². The largest absolute Gasteiger partial charge is 0.493 e. The van der Waals surface area contributed by atoms with Gasteiger partial charge in [0, 0.05) is 24.2 Å². The van der Waals surface area contributed by atoms with Crippen molar-refractivity contribution in [3.8, 4) is 5.75 Å². The molecular formula is C20H22N2O4S. The molecule has 6 nitrogen and oxygen atoms in total. The highest BCUT2D eigenvalue weighted by atomic mass is 32.2. The predicted molar refractivity (Wildman–Crippen MR) is 105 cm³/mol. The molecule has 27 heavy (non-hydrogen) atoms. The van der Waals surface area contributed by atoms with E-state index in [1.165, 1.54) is 18.2 Å². The number of rotatable bonds is 6. The summed E-state index contributed by atoms with van der Waals surface area (Å²) in [6.07, 6.45) is 4.06. The topological polar surface area (TPSA) is 84.5 Å². The molecule has 0 spiro atoms. The SMILES string of the molecule is CC(C)NS(=O)(=O)c1ccc(NC(=O)/C=C/c2ccc3c(c2)CCO3)cc1.